The van der Waals surface area contributed by atoms with Crippen molar-refractivity contribution < 1.29 is 14.3 Å². The molecule has 0 N–H and O–H groups in total. The van der Waals surface area contributed by atoms with E-state index < -0.39 is 5.97 Å². The van der Waals surface area contributed by atoms with Crippen LogP contribution in [0.5, 0.6) is 5.88 Å². The minimum Gasteiger partial charge on any atom is -0.474 e. The maximum Gasteiger partial charge on any atom is 0.356 e. The van der Waals surface area contributed by atoms with Gasteiger partial charge in [-0.15, -0.1) is 0 Å². The predicted octanol–water partition coefficient (Wildman–Crippen LogP) is 2.84. The SMILES string of the molecule is CCn1c(=O)n(C)c2c(C)cc(N3CCOc4nc(-c5ccc(C(=O)OC)nc5)ncc43)cc21. The summed E-state index contributed by atoms with van der Waals surface area (Å²) in [6.07, 6.45) is 3.26. The van der Waals surface area contributed by atoms with Crippen LogP contribution < -0.4 is 15.3 Å². The molecule has 10 nitrogen and oxygen atoms in total. The molecular formula is C24H24N6O4. The van der Waals surface area contributed by atoms with Gasteiger partial charge in [-0.2, -0.15) is 4.98 Å². The summed E-state index contributed by atoms with van der Waals surface area (Å²) >= 11 is 0. The fourth-order valence-corrected chi connectivity index (χ4v) is 4.39. The number of methoxy groups -OCH3 is 1. The van der Waals surface area contributed by atoms with Crippen LogP contribution in [0, 0.1) is 6.92 Å². The van der Waals surface area contributed by atoms with Gasteiger partial charge in [0.05, 0.1) is 30.9 Å². The highest BCUT2D eigenvalue weighted by molar-refractivity contribution is 5.87. The maximum absolute atomic E-state index is 12.6. The van der Waals surface area contributed by atoms with Gasteiger partial charge in [0.2, 0.25) is 5.88 Å². The maximum atomic E-state index is 12.6. The molecule has 0 aliphatic carbocycles. The third kappa shape index (κ3) is 3.38. The number of carbonyl (C=O) groups excluding carboxylic acids is 1. The molecule has 0 saturated carbocycles. The van der Waals surface area contributed by atoms with Crippen molar-refractivity contribution in [3.63, 3.8) is 0 Å². The summed E-state index contributed by atoms with van der Waals surface area (Å²) in [5.41, 5.74) is 5.37. The number of carbonyl (C=O) groups is 1. The fourth-order valence-electron chi connectivity index (χ4n) is 4.39. The highest BCUT2D eigenvalue weighted by atomic mass is 16.5. The molecule has 0 fully saturated rings. The normalized spacial score (nSPS) is 13.0. The third-order valence-corrected chi connectivity index (χ3v) is 6.03. The van der Waals surface area contributed by atoms with Gasteiger partial charge in [-0.1, -0.05) is 0 Å². The summed E-state index contributed by atoms with van der Waals surface area (Å²) in [6.45, 7) is 5.65. The standard InChI is InChI=1S/C24H24N6O4/c1-5-29-18-11-16(10-14(2)20(18)28(3)24(29)32)30-8-9-34-22-19(30)13-26-21(27-22)15-6-7-17(25-12-15)23(31)33-4/h6-7,10-13H,5,8-9H2,1-4H3. The number of benzene rings is 1. The van der Waals surface area contributed by atoms with Crippen LogP contribution in [0.4, 0.5) is 11.4 Å². The van der Waals surface area contributed by atoms with Crippen LogP contribution in [0.1, 0.15) is 23.0 Å². The number of nitrogens with zero attached hydrogens (tertiary/aromatic N) is 6. The Balaban J connectivity index is 1.54. The number of pyridine rings is 1. The van der Waals surface area contributed by atoms with E-state index >= 15 is 0 Å². The molecule has 0 bridgehead atoms. The van der Waals surface area contributed by atoms with Gasteiger partial charge in [-0.25, -0.2) is 19.6 Å². The Labute approximate surface area is 195 Å². The van der Waals surface area contributed by atoms with E-state index in [0.717, 1.165) is 28.0 Å². The van der Waals surface area contributed by atoms with Gasteiger partial charge in [0.15, 0.2) is 5.82 Å². The number of hydrogen-bond donors (Lipinski definition) is 0. The second-order valence-electron chi connectivity index (χ2n) is 8.02. The lowest BCUT2D eigenvalue weighted by Crippen LogP contribution is -2.29. The second-order valence-corrected chi connectivity index (χ2v) is 8.02. The Kier molecular flexibility index (Phi) is 5.27. The molecule has 4 aromatic rings. The second kappa shape index (κ2) is 8.29. The molecule has 0 saturated heterocycles. The zero-order valence-corrected chi connectivity index (χ0v) is 19.4. The molecule has 1 aliphatic rings. The van der Waals surface area contributed by atoms with Crippen molar-refractivity contribution in [1.82, 2.24) is 24.1 Å². The average Bonchev–Trinajstić information content (AvgIpc) is 3.12. The third-order valence-electron chi connectivity index (χ3n) is 6.03. The van der Waals surface area contributed by atoms with Crippen molar-refractivity contribution in [2.24, 2.45) is 7.05 Å². The van der Waals surface area contributed by atoms with Crippen LogP contribution in [-0.4, -0.2) is 50.3 Å². The summed E-state index contributed by atoms with van der Waals surface area (Å²) in [6, 6.07) is 7.40. The van der Waals surface area contributed by atoms with Crippen molar-refractivity contribution >= 4 is 28.4 Å². The van der Waals surface area contributed by atoms with Crippen molar-refractivity contribution in [3.05, 3.63) is 58.4 Å². The molecule has 3 aromatic heterocycles. The average molecular weight is 460 g/mol. The highest BCUT2D eigenvalue weighted by Crippen LogP contribution is 2.37. The van der Waals surface area contributed by atoms with Gasteiger partial charge in [0, 0.05) is 31.0 Å². The molecule has 0 spiro atoms. The quantitative estimate of drug-likeness (QED) is 0.428. The molecular weight excluding hydrogens is 436 g/mol. The number of imidazole rings is 1. The number of hydrogen-bond acceptors (Lipinski definition) is 8. The first-order valence-corrected chi connectivity index (χ1v) is 10.9. The Bertz CT molecular complexity index is 1470. The van der Waals surface area contributed by atoms with E-state index in [0.29, 0.717) is 37.0 Å². The number of anilines is 2. The Morgan fingerprint density at radius 2 is 2.03 bits per heavy atom. The number of rotatable bonds is 4. The molecule has 10 heteroatoms. The van der Waals surface area contributed by atoms with Gasteiger partial charge in [-0.3, -0.25) is 9.13 Å². The smallest absolute Gasteiger partial charge is 0.356 e. The van der Waals surface area contributed by atoms with Gasteiger partial charge < -0.3 is 14.4 Å². The van der Waals surface area contributed by atoms with Gasteiger partial charge >= 0.3 is 11.7 Å². The van der Waals surface area contributed by atoms with Crippen LogP contribution in [0.25, 0.3) is 22.4 Å². The first kappa shape index (κ1) is 21.6. The molecule has 1 aliphatic heterocycles. The van der Waals surface area contributed by atoms with Crippen molar-refractivity contribution in [2.45, 2.75) is 20.4 Å². The van der Waals surface area contributed by atoms with E-state index in [1.54, 1.807) is 34.5 Å². The number of aryl methyl sites for hydroxylation is 3. The lowest BCUT2D eigenvalue weighted by molar-refractivity contribution is 0.0594. The minimum absolute atomic E-state index is 0.0278. The predicted molar refractivity (Wildman–Crippen MR) is 127 cm³/mol. The van der Waals surface area contributed by atoms with Crippen LogP contribution in [0.2, 0.25) is 0 Å². The topological polar surface area (TPSA) is 104 Å². The number of esters is 1. The highest BCUT2D eigenvalue weighted by Gasteiger charge is 2.24. The first-order chi connectivity index (χ1) is 16.4. The van der Waals surface area contributed by atoms with Crippen molar-refractivity contribution in [1.29, 1.82) is 0 Å². The molecule has 0 radical (unpaired) electrons. The lowest BCUT2D eigenvalue weighted by Gasteiger charge is -2.30. The number of ether oxygens (including phenoxy) is 2. The summed E-state index contributed by atoms with van der Waals surface area (Å²) in [7, 11) is 3.11. The Morgan fingerprint density at radius 3 is 2.74 bits per heavy atom. The molecule has 1 aromatic carbocycles. The van der Waals surface area contributed by atoms with Gasteiger partial charge in [0.1, 0.15) is 18.0 Å². The number of aromatic nitrogens is 5. The molecule has 4 heterocycles. The van der Waals surface area contributed by atoms with Crippen LogP contribution in [0.3, 0.4) is 0 Å². The Morgan fingerprint density at radius 1 is 1.21 bits per heavy atom. The van der Waals surface area contributed by atoms with Crippen LogP contribution >= 0.6 is 0 Å². The zero-order valence-electron chi connectivity index (χ0n) is 19.4. The van der Waals surface area contributed by atoms with E-state index in [4.69, 9.17) is 4.74 Å². The zero-order chi connectivity index (χ0) is 24.0. The van der Waals surface area contributed by atoms with E-state index in [-0.39, 0.29) is 11.4 Å². The monoisotopic (exact) mass is 460 g/mol. The van der Waals surface area contributed by atoms with Gasteiger partial charge in [-0.05, 0) is 43.7 Å². The van der Waals surface area contributed by atoms with Crippen molar-refractivity contribution in [3.8, 4) is 17.3 Å². The molecule has 0 unspecified atom stereocenters. The summed E-state index contributed by atoms with van der Waals surface area (Å²) in [4.78, 5) is 39.6. The van der Waals surface area contributed by atoms with Crippen molar-refractivity contribution in [2.75, 3.05) is 25.2 Å². The molecule has 174 valence electrons. The first-order valence-electron chi connectivity index (χ1n) is 10.9. The van der Waals surface area contributed by atoms with E-state index in [1.807, 2.05) is 19.9 Å². The Hall–Kier alpha value is -4.21. The fraction of sp³-hybridized carbons (Fsp3) is 0.292. The summed E-state index contributed by atoms with van der Waals surface area (Å²) in [5.74, 6) is 0.405. The van der Waals surface area contributed by atoms with Crippen LogP contribution in [0.15, 0.2) is 41.5 Å². The van der Waals surface area contributed by atoms with E-state index in [1.165, 1.54) is 13.3 Å². The molecule has 5 rings (SSSR count). The largest absolute Gasteiger partial charge is 0.474 e. The minimum atomic E-state index is -0.504. The van der Waals surface area contributed by atoms with Crippen LogP contribution in [-0.2, 0) is 18.3 Å². The lowest BCUT2D eigenvalue weighted by atomic mass is 10.1. The molecule has 0 atom stereocenters. The number of fused-ring (bicyclic) bond motifs is 2. The van der Waals surface area contributed by atoms with Gasteiger partial charge in [0.25, 0.3) is 0 Å². The van der Waals surface area contributed by atoms with E-state index in [9.17, 15) is 9.59 Å². The molecule has 34 heavy (non-hydrogen) atoms. The molecule has 0 amide bonds. The van der Waals surface area contributed by atoms with E-state index in [2.05, 4.69) is 30.7 Å². The summed E-state index contributed by atoms with van der Waals surface area (Å²) < 4.78 is 14.0. The summed E-state index contributed by atoms with van der Waals surface area (Å²) in [5, 5.41) is 0.